The van der Waals surface area contributed by atoms with Crippen LogP contribution in [-0.2, 0) is 14.4 Å². The molecule has 0 fully saturated rings. The quantitative estimate of drug-likeness (QED) is 0.427. The summed E-state index contributed by atoms with van der Waals surface area (Å²) in [5.74, 6) is -4.05. The average molecular weight is 452 g/mol. The van der Waals surface area contributed by atoms with Crippen LogP contribution in [0.2, 0.25) is 0 Å². The van der Waals surface area contributed by atoms with Crippen molar-refractivity contribution >= 4 is 23.6 Å². The maximum absolute atomic E-state index is 12.3. The SMILES string of the molecule is Cc1cc(C(=O)C[C@@H](CC(=O)NC(C)(C)C)C(=O)NCCN)no1.O=C(O)C(F)(F)F. The van der Waals surface area contributed by atoms with E-state index in [1.54, 1.807) is 6.92 Å². The molecule has 0 aliphatic carbocycles. The summed E-state index contributed by atoms with van der Waals surface area (Å²) in [6.07, 6.45) is -5.30. The van der Waals surface area contributed by atoms with Crippen LogP contribution in [0.25, 0.3) is 0 Å². The molecule has 0 aliphatic heterocycles. The molecule has 0 aromatic carbocycles. The van der Waals surface area contributed by atoms with Crippen LogP contribution in [0.4, 0.5) is 13.2 Å². The van der Waals surface area contributed by atoms with Crippen molar-refractivity contribution in [2.45, 2.75) is 52.3 Å². The number of carboxylic acids is 1. The molecule has 10 nitrogen and oxygen atoms in total. The second-order valence-electron chi connectivity index (χ2n) is 7.53. The smallest absolute Gasteiger partial charge is 0.475 e. The van der Waals surface area contributed by atoms with Crippen LogP contribution in [-0.4, -0.2) is 58.6 Å². The standard InChI is InChI=1S/C16H26N4O4.C2HF3O2/c1-10-7-12(20-24-10)13(21)8-11(15(23)18-6-5-17)9-14(22)19-16(2,3)4;3-2(4,5)1(6)7/h7,11H,5-6,8-9,17H2,1-4H3,(H,18,23)(H,19,22);(H,6,7)/t11-;/m0./s1. The van der Waals surface area contributed by atoms with Gasteiger partial charge in [-0.15, -0.1) is 0 Å². The molecule has 5 N–H and O–H groups in total. The third-order valence-electron chi connectivity index (χ3n) is 3.35. The van der Waals surface area contributed by atoms with Crippen LogP contribution < -0.4 is 16.4 Å². The minimum Gasteiger partial charge on any atom is -0.475 e. The van der Waals surface area contributed by atoms with E-state index < -0.39 is 23.6 Å². The van der Waals surface area contributed by atoms with Crippen LogP contribution in [0.3, 0.4) is 0 Å². The Morgan fingerprint density at radius 1 is 1.19 bits per heavy atom. The van der Waals surface area contributed by atoms with Gasteiger partial charge in [0.25, 0.3) is 0 Å². The number of aryl methyl sites for hydroxylation is 1. The third-order valence-corrected chi connectivity index (χ3v) is 3.35. The number of rotatable bonds is 8. The van der Waals surface area contributed by atoms with Crippen molar-refractivity contribution in [1.29, 1.82) is 0 Å². The first-order chi connectivity index (χ1) is 14.1. The van der Waals surface area contributed by atoms with Crippen molar-refractivity contribution in [3.63, 3.8) is 0 Å². The lowest BCUT2D eigenvalue weighted by Crippen LogP contribution is -2.43. The van der Waals surface area contributed by atoms with Gasteiger partial charge in [0.2, 0.25) is 11.8 Å². The molecular weight excluding hydrogens is 425 g/mol. The zero-order chi connectivity index (χ0) is 24.4. The van der Waals surface area contributed by atoms with Gasteiger partial charge >= 0.3 is 12.1 Å². The van der Waals surface area contributed by atoms with Gasteiger partial charge < -0.3 is 26.0 Å². The summed E-state index contributed by atoms with van der Waals surface area (Å²) in [7, 11) is 0. The van der Waals surface area contributed by atoms with E-state index in [9.17, 15) is 27.6 Å². The molecule has 13 heteroatoms. The highest BCUT2D eigenvalue weighted by Crippen LogP contribution is 2.15. The van der Waals surface area contributed by atoms with E-state index in [1.165, 1.54) is 6.07 Å². The Kier molecular flexibility index (Phi) is 10.9. The zero-order valence-electron chi connectivity index (χ0n) is 17.6. The number of nitrogens with two attached hydrogens (primary N) is 1. The van der Waals surface area contributed by atoms with E-state index in [-0.39, 0.29) is 49.2 Å². The summed E-state index contributed by atoms with van der Waals surface area (Å²) < 4.78 is 36.6. The summed E-state index contributed by atoms with van der Waals surface area (Å²) in [5, 5.41) is 16.2. The molecule has 31 heavy (non-hydrogen) atoms. The zero-order valence-corrected chi connectivity index (χ0v) is 17.6. The first-order valence-corrected chi connectivity index (χ1v) is 9.12. The molecule has 0 saturated heterocycles. The molecule has 0 saturated carbocycles. The summed E-state index contributed by atoms with van der Waals surface area (Å²) >= 11 is 0. The molecule has 1 aromatic rings. The topological polar surface area (TPSA) is 165 Å². The Morgan fingerprint density at radius 3 is 2.13 bits per heavy atom. The third kappa shape index (κ3) is 12.4. The van der Waals surface area contributed by atoms with Crippen molar-refractivity contribution in [3.8, 4) is 0 Å². The predicted octanol–water partition coefficient (Wildman–Crippen LogP) is 1.19. The van der Waals surface area contributed by atoms with Crippen LogP contribution in [0.15, 0.2) is 10.6 Å². The number of nitrogens with one attached hydrogen (secondary N) is 2. The number of aliphatic carboxylic acids is 1. The molecule has 0 unspecified atom stereocenters. The highest BCUT2D eigenvalue weighted by molar-refractivity contribution is 5.98. The van der Waals surface area contributed by atoms with Crippen molar-refractivity contribution < 1.29 is 42.0 Å². The van der Waals surface area contributed by atoms with Crippen molar-refractivity contribution in [3.05, 3.63) is 17.5 Å². The number of nitrogens with zero attached hydrogens (tertiary/aromatic N) is 1. The van der Waals surface area contributed by atoms with Gasteiger partial charge in [-0.25, -0.2) is 4.79 Å². The summed E-state index contributed by atoms with van der Waals surface area (Å²) in [5.41, 5.74) is 5.11. The Labute approximate surface area is 176 Å². The maximum Gasteiger partial charge on any atom is 0.490 e. The first kappa shape index (κ1) is 28.0. The number of aromatic nitrogens is 1. The van der Waals surface area contributed by atoms with Crippen LogP contribution in [0, 0.1) is 12.8 Å². The minimum absolute atomic E-state index is 0.0871. The van der Waals surface area contributed by atoms with Crippen LogP contribution in [0.1, 0.15) is 49.9 Å². The number of hydrogen-bond donors (Lipinski definition) is 4. The summed E-state index contributed by atoms with van der Waals surface area (Å²) in [6, 6.07) is 1.51. The van der Waals surface area contributed by atoms with Gasteiger partial charge in [-0.2, -0.15) is 13.2 Å². The molecular formula is C18H27F3N4O6. The molecule has 1 atom stereocenters. The Morgan fingerprint density at radius 2 is 1.74 bits per heavy atom. The second-order valence-corrected chi connectivity index (χ2v) is 7.53. The second kappa shape index (κ2) is 12.0. The Hall–Kier alpha value is -2.96. The molecule has 0 bridgehead atoms. The average Bonchev–Trinajstić information content (AvgIpc) is 3.03. The fraction of sp³-hybridized carbons (Fsp3) is 0.611. The number of carbonyl (C=O) groups is 4. The van der Waals surface area contributed by atoms with Gasteiger partial charge in [0.1, 0.15) is 11.5 Å². The van der Waals surface area contributed by atoms with Crippen molar-refractivity contribution in [2.75, 3.05) is 13.1 Å². The molecule has 1 heterocycles. The van der Waals surface area contributed by atoms with Crippen LogP contribution >= 0.6 is 0 Å². The highest BCUT2D eigenvalue weighted by Gasteiger charge is 2.38. The molecule has 1 aromatic heterocycles. The number of Topliss-reactive ketones (excluding diaryl/α,β-unsaturated/α-hetero) is 1. The van der Waals surface area contributed by atoms with Gasteiger partial charge in [0.15, 0.2) is 5.78 Å². The fourth-order valence-corrected chi connectivity index (χ4v) is 2.12. The largest absolute Gasteiger partial charge is 0.490 e. The molecule has 1 rings (SSSR count). The van der Waals surface area contributed by atoms with E-state index in [2.05, 4.69) is 15.8 Å². The van der Waals surface area contributed by atoms with Crippen LogP contribution in [0.5, 0.6) is 0 Å². The Bertz CT molecular complexity index is 771. The molecule has 176 valence electrons. The lowest BCUT2D eigenvalue weighted by atomic mass is 9.95. The number of alkyl halides is 3. The lowest BCUT2D eigenvalue weighted by molar-refractivity contribution is -0.192. The van der Waals surface area contributed by atoms with E-state index >= 15 is 0 Å². The number of carbonyl (C=O) groups excluding carboxylic acids is 3. The molecule has 0 aliphatic rings. The monoisotopic (exact) mass is 452 g/mol. The highest BCUT2D eigenvalue weighted by atomic mass is 19.4. The number of amides is 2. The Balaban J connectivity index is 0.00000110. The summed E-state index contributed by atoms with van der Waals surface area (Å²) in [6.45, 7) is 7.77. The number of hydrogen-bond acceptors (Lipinski definition) is 7. The van der Waals surface area contributed by atoms with Gasteiger partial charge in [-0.1, -0.05) is 5.16 Å². The maximum atomic E-state index is 12.3. The van der Waals surface area contributed by atoms with Crippen molar-refractivity contribution in [1.82, 2.24) is 15.8 Å². The van der Waals surface area contributed by atoms with Gasteiger partial charge in [-0.05, 0) is 27.7 Å². The molecule has 2 amide bonds. The molecule has 0 radical (unpaired) electrons. The van der Waals surface area contributed by atoms with E-state index in [4.69, 9.17) is 20.2 Å². The van der Waals surface area contributed by atoms with E-state index in [1.807, 2.05) is 20.8 Å². The minimum atomic E-state index is -5.08. The van der Waals surface area contributed by atoms with Gasteiger partial charge in [0, 0.05) is 37.5 Å². The number of ketones is 1. The van der Waals surface area contributed by atoms with Crippen molar-refractivity contribution in [2.24, 2.45) is 11.7 Å². The lowest BCUT2D eigenvalue weighted by Gasteiger charge is -2.22. The predicted molar refractivity (Wildman–Crippen MR) is 102 cm³/mol. The van der Waals surface area contributed by atoms with E-state index in [0.717, 1.165) is 0 Å². The van der Waals surface area contributed by atoms with Gasteiger partial charge in [0.05, 0.1) is 5.92 Å². The first-order valence-electron chi connectivity index (χ1n) is 9.12. The summed E-state index contributed by atoms with van der Waals surface area (Å²) in [4.78, 5) is 45.5. The normalized spacial score (nSPS) is 12.3. The number of halogens is 3. The van der Waals surface area contributed by atoms with E-state index in [0.29, 0.717) is 5.76 Å². The van der Waals surface area contributed by atoms with Gasteiger partial charge in [-0.3, -0.25) is 14.4 Å². The molecule has 0 spiro atoms. The fourth-order valence-electron chi connectivity index (χ4n) is 2.12. The number of carboxylic acid groups (broad SMARTS) is 1.